The van der Waals surface area contributed by atoms with E-state index in [-0.39, 0.29) is 5.91 Å². The van der Waals surface area contributed by atoms with Crippen molar-refractivity contribution in [3.8, 4) is 0 Å². The molecule has 1 aromatic rings. The van der Waals surface area contributed by atoms with Crippen LogP contribution in [0.2, 0.25) is 0 Å². The Morgan fingerprint density at radius 3 is 2.35 bits per heavy atom. The van der Waals surface area contributed by atoms with Crippen molar-refractivity contribution >= 4 is 12.0 Å². The third kappa shape index (κ3) is 6.22. The molecular formula is C15H22N2O3. The van der Waals surface area contributed by atoms with E-state index in [0.29, 0.717) is 6.54 Å². The Morgan fingerprint density at radius 1 is 1.20 bits per heavy atom. The van der Waals surface area contributed by atoms with Gasteiger partial charge < -0.3 is 15.4 Å². The van der Waals surface area contributed by atoms with E-state index >= 15 is 0 Å². The van der Waals surface area contributed by atoms with E-state index in [1.807, 2.05) is 30.3 Å². The van der Waals surface area contributed by atoms with E-state index in [1.165, 1.54) is 0 Å². The first-order valence-corrected chi connectivity index (χ1v) is 6.59. The molecule has 0 saturated carbocycles. The maximum Gasteiger partial charge on any atom is 0.408 e. The highest BCUT2D eigenvalue weighted by atomic mass is 16.6. The Kier molecular flexibility index (Phi) is 5.55. The predicted octanol–water partition coefficient (Wildman–Crippen LogP) is 2.22. The number of ether oxygens (including phenoxy) is 1. The average Bonchev–Trinajstić information content (AvgIpc) is 2.34. The molecule has 0 fully saturated rings. The molecule has 0 radical (unpaired) electrons. The van der Waals surface area contributed by atoms with Gasteiger partial charge in [0.25, 0.3) is 0 Å². The molecule has 0 aliphatic carbocycles. The summed E-state index contributed by atoms with van der Waals surface area (Å²) in [6, 6.07) is 8.93. The van der Waals surface area contributed by atoms with Crippen LogP contribution in [0.4, 0.5) is 4.79 Å². The summed E-state index contributed by atoms with van der Waals surface area (Å²) in [4.78, 5) is 23.4. The summed E-state index contributed by atoms with van der Waals surface area (Å²) in [5.74, 6) is -0.250. The molecule has 2 N–H and O–H groups in total. The van der Waals surface area contributed by atoms with Crippen molar-refractivity contribution in [2.75, 3.05) is 0 Å². The molecule has 0 spiro atoms. The molecule has 110 valence electrons. The molecule has 5 nitrogen and oxygen atoms in total. The van der Waals surface area contributed by atoms with E-state index in [1.54, 1.807) is 27.7 Å². The predicted molar refractivity (Wildman–Crippen MR) is 77.1 cm³/mol. The lowest BCUT2D eigenvalue weighted by atomic mass is 10.2. The van der Waals surface area contributed by atoms with Gasteiger partial charge in [0.15, 0.2) is 0 Å². The van der Waals surface area contributed by atoms with Crippen molar-refractivity contribution in [3.63, 3.8) is 0 Å². The second-order valence-electron chi connectivity index (χ2n) is 5.57. The molecule has 0 saturated heterocycles. The molecule has 0 aromatic heterocycles. The van der Waals surface area contributed by atoms with Crippen molar-refractivity contribution in [2.45, 2.75) is 45.9 Å². The monoisotopic (exact) mass is 278 g/mol. The molecule has 2 amide bonds. The Bertz CT molecular complexity index is 452. The number of benzene rings is 1. The van der Waals surface area contributed by atoms with Crippen LogP contribution < -0.4 is 10.6 Å². The zero-order valence-electron chi connectivity index (χ0n) is 12.4. The smallest absolute Gasteiger partial charge is 0.408 e. The standard InChI is InChI=1S/C15H22N2O3/c1-11(17-14(19)20-15(2,3)4)13(18)16-10-12-8-6-5-7-9-12/h5-9,11H,10H2,1-4H3,(H,16,18)(H,17,19). The van der Waals surface area contributed by atoms with Crippen LogP contribution >= 0.6 is 0 Å². The minimum atomic E-state index is -0.645. The SMILES string of the molecule is CC(NC(=O)OC(C)(C)C)C(=O)NCc1ccccc1. The normalized spacial score (nSPS) is 12.4. The number of carbonyl (C=O) groups excluding carboxylic acids is 2. The van der Waals surface area contributed by atoms with Gasteiger partial charge in [-0.25, -0.2) is 4.79 Å². The first kappa shape index (κ1) is 16.0. The van der Waals surface area contributed by atoms with Crippen LogP contribution in [0.3, 0.4) is 0 Å². The number of alkyl carbamates (subject to hydrolysis) is 1. The van der Waals surface area contributed by atoms with Gasteiger partial charge in [0.1, 0.15) is 11.6 Å². The largest absolute Gasteiger partial charge is 0.444 e. The molecule has 0 heterocycles. The van der Waals surface area contributed by atoms with Gasteiger partial charge in [0.2, 0.25) is 5.91 Å². The van der Waals surface area contributed by atoms with E-state index in [2.05, 4.69) is 10.6 Å². The second kappa shape index (κ2) is 6.93. The molecule has 5 heteroatoms. The number of hydrogen-bond acceptors (Lipinski definition) is 3. The van der Waals surface area contributed by atoms with Crippen molar-refractivity contribution < 1.29 is 14.3 Å². The Hall–Kier alpha value is -2.04. The fourth-order valence-corrected chi connectivity index (χ4v) is 1.49. The average molecular weight is 278 g/mol. The van der Waals surface area contributed by atoms with E-state index in [0.717, 1.165) is 5.56 Å². The quantitative estimate of drug-likeness (QED) is 0.887. The zero-order chi connectivity index (χ0) is 15.2. The van der Waals surface area contributed by atoms with Gasteiger partial charge in [0.05, 0.1) is 0 Å². The number of nitrogens with one attached hydrogen (secondary N) is 2. The van der Waals surface area contributed by atoms with Crippen LogP contribution in [0.25, 0.3) is 0 Å². The number of amides is 2. The molecule has 20 heavy (non-hydrogen) atoms. The topological polar surface area (TPSA) is 67.4 Å². The molecule has 0 bridgehead atoms. The van der Waals surface area contributed by atoms with Crippen LogP contribution in [0.5, 0.6) is 0 Å². The van der Waals surface area contributed by atoms with Gasteiger partial charge in [-0.2, -0.15) is 0 Å². The summed E-state index contributed by atoms with van der Waals surface area (Å²) >= 11 is 0. The Labute approximate surface area is 119 Å². The number of rotatable bonds is 4. The lowest BCUT2D eigenvalue weighted by molar-refractivity contribution is -0.122. The van der Waals surface area contributed by atoms with Gasteiger partial charge in [-0.15, -0.1) is 0 Å². The number of carbonyl (C=O) groups is 2. The molecule has 0 aliphatic heterocycles. The third-order valence-electron chi connectivity index (χ3n) is 2.44. The maximum absolute atomic E-state index is 11.8. The summed E-state index contributed by atoms with van der Waals surface area (Å²) in [5, 5.41) is 5.26. The third-order valence-corrected chi connectivity index (χ3v) is 2.44. The molecular weight excluding hydrogens is 256 g/mol. The van der Waals surface area contributed by atoms with Crippen LogP contribution in [-0.4, -0.2) is 23.6 Å². The van der Waals surface area contributed by atoms with E-state index in [4.69, 9.17) is 4.74 Å². The first-order chi connectivity index (χ1) is 9.28. The summed E-state index contributed by atoms with van der Waals surface area (Å²) < 4.78 is 5.09. The van der Waals surface area contributed by atoms with Crippen molar-refractivity contribution in [2.24, 2.45) is 0 Å². The van der Waals surface area contributed by atoms with Gasteiger partial charge >= 0.3 is 6.09 Å². The molecule has 1 atom stereocenters. The van der Waals surface area contributed by atoms with Crippen LogP contribution in [0, 0.1) is 0 Å². The van der Waals surface area contributed by atoms with Crippen molar-refractivity contribution in [1.29, 1.82) is 0 Å². The maximum atomic E-state index is 11.8. The minimum Gasteiger partial charge on any atom is -0.444 e. The summed E-state index contributed by atoms with van der Waals surface area (Å²) in [6.45, 7) is 7.36. The van der Waals surface area contributed by atoms with Crippen LogP contribution in [-0.2, 0) is 16.1 Å². The van der Waals surface area contributed by atoms with Gasteiger partial charge in [-0.3, -0.25) is 4.79 Å². The van der Waals surface area contributed by atoms with Crippen molar-refractivity contribution in [3.05, 3.63) is 35.9 Å². The first-order valence-electron chi connectivity index (χ1n) is 6.59. The number of hydrogen-bond donors (Lipinski definition) is 2. The molecule has 0 aliphatic rings. The lowest BCUT2D eigenvalue weighted by Crippen LogP contribution is -2.46. The van der Waals surface area contributed by atoms with Crippen LogP contribution in [0.15, 0.2) is 30.3 Å². The Morgan fingerprint density at radius 2 is 1.80 bits per heavy atom. The van der Waals surface area contributed by atoms with Gasteiger partial charge in [-0.1, -0.05) is 30.3 Å². The fraction of sp³-hybridized carbons (Fsp3) is 0.467. The summed E-state index contributed by atoms with van der Waals surface area (Å²) in [7, 11) is 0. The highest BCUT2D eigenvalue weighted by Crippen LogP contribution is 2.06. The highest BCUT2D eigenvalue weighted by molar-refractivity contribution is 5.85. The van der Waals surface area contributed by atoms with Gasteiger partial charge in [-0.05, 0) is 33.3 Å². The zero-order valence-corrected chi connectivity index (χ0v) is 12.4. The second-order valence-corrected chi connectivity index (χ2v) is 5.57. The molecule has 1 unspecified atom stereocenters. The lowest BCUT2D eigenvalue weighted by Gasteiger charge is -2.21. The van der Waals surface area contributed by atoms with E-state index < -0.39 is 17.7 Å². The Balaban J connectivity index is 2.38. The van der Waals surface area contributed by atoms with Crippen LogP contribution in [0.1, 0.15) is 33.3 Å². The summed E-state index contributed by atoms with van der Waals surface area (Å²) in [5.41, 5.74) is 0.426. The van der Waals surface area contributed by atoms with E-state index in [9.17, 15) is 9.59 Å². The highest BCUT2D eigenvalue weighted by Gasteiger charge is 2.20. The fourth-order valence-electron chi connectivity index (χ4n) is 1.49. The minimum absolute atomic E-state index is 0.250. The summed E-state index contributed by atoms with van der Waals surface area (Å²) in [6.07, 6.45) is -0.597. The van der Waals surface area contributed by atoms with Crippen molar-refractivity contribution in [1.82, 2.24) is 10.6 Å². The molecule has 1 aromatic carbocycles. The molecule has 1 rings (SSSR count). The van der Waals surface area contributed by atoms with Gasteiger partial charge in [0, 0.05) is 6.54 Å².